The summed E-state index contributed by atoms with van der Waals surface area (Å²) in [7, 11) is 0. The Morgan fingerprint density at radius 3 is 2.75 bits per heavy atom. The van der Waals surface area contributed by atoms with E-state index in [4.69, 9.17) is 4.74 Å². The van der Waals surface area contributed by atoms with Crippen molar-refractivity contribution in [3.63, 3.8) is 0 Å². The number of thioether (sulfide) groups is 1. The van der Waals surface area contributed by atoms with Crippen molar-refractivity contribution in [1.29, 1.82) is 0 Å². The zero-order chi connectivity index (χ0) is 17.5. The first kappa shape index (κ1) is 19.0. The van der Waals surface area contributed by atoms with E-state index in [0.717, 1.165) is 34.2 Å². The summed E-state index contributed by atoms with van der Waals surface area (Å²) in [5.41, 5.74) is 0. The van der Waals surface area contributed by atoms with Gasteiger partial charge >= 0.3 is 5.97 Å². The second-order valence-corrected chi connectivity index (χ2v) is 8.43. The average molecular weight is 365 g/mol. The van der Waals surface area contributed by atoms with Gasteiger partial charge in [-0.2, -0.15) is 0 Å². The number of carbonyl (C=O) groups excluding carboxylic acids is 1. The lowest BCUT2D eigenvalue weighted by molar-refractivity contribution is -0.147. The van der Waals surface area contributed by atoms with E-state index < -0.39 is 0 Å². The third-order valence-electron chi connectivity index (χ3n) is 3.75. The smallest absolute Gasteiger partial charge is 0.308 e. The van der Waals surface area contributed by atoms with Crippen molar-refractivity contribution in [1.82, 2.24) is 0 Å². The molecule has 2 aromatic rings. The highest BCUT2D eigenvalue weighted by Gasteiger charge is 2.13. The normalized spacial score (nSPS) is 12.5. The Hall–Kier alpha value is -1.33. The van der Waals surface area contributed by atoms with E-state index in [1.165, 1.54) is 11.3 Å². The van der Waals surface area contributed by atoms with Crippen molar-refractivity contribution >= 4 is 39.2 Å². The molecular formula is C19H24O3S2. The van der Waals surface area contributed by atoms with Crippen LogP contribution >= 0.6 is 23.1 Å². The molecule has 3 nitrogen and oxygen atoms in total. The summed E-state index contributed by atoms with van der Waals surface area (Å²) in [4.78, 5) is 24.4. The fourth-order valence-electron chi connectivity index (χ4n) is 2.36. The molecule has 0 spiro atoms. The fraction of sp³-hybridized carbons (Fsp3) is 0.474. The van der Waals surface area contributed by atoms with Crippen molar-refractivity contribution in [3.8, 4) is 0 Å². The summed E-state index contributed by atoms with van der Waals surface area (Å²) in [6, 6.07) is 9.80. The molecule has 0 radical (unpaired) electrons. The molecule has 1 aromatic carbocycles. The fourth-order valence-corrected chi connectivity index (χ4v) is 4.61. The van der Waals surface area contributed by atoms with E-state index in [9.17, 15) is 9.59 Å². The Bertz CT molecular complexity index is 737. The molecule has 0 N–H and O–H groups in total. The summed E-state index contributed by atoms with van der Waals surface area (Å²) in [5, 5.41) is 1.56. The van der Waals surface area contributed by atoms with E-state index in [0.29, 0.717) is 11.9 Å². The second kappa shape index (κ2) is 9.23. The van der Waals surface area contributed by atoms with Gasteiger partial charge < -0.3 is 4.74 Å². The van der Waals surface area contributed by atoms with Gasteiger partial charge in [-0.3, -0.25) is 9.59 Å². The molecule has 0 aliphatic carbocycles. The molecule has 5 heteroatoms. The number of esters is 1. The quantitative estimate of drug-likeness (QED) is 0.371. The van der Waals surface area contributed by atoms with E-state index in [-0.39, 0.29) is 16.6 Å². The van der Waals surface area contributed by atoms with Crippen LogP contribution in [0.1, 0.15) is 40.0 Å². The predicted molar refractivity (Wildman–Crippen MR) is 103 cm³/mol. The van der Waals surface area contributed by atoms with Crippen molar-refractivity contribution in [3.05, 3.63) is 39.9 Å². The Labute approximate surface area is 151 Å². The third-order valence-corrected chi connectivity index (χ3v) is 6.14. The van der Waals surface area contributed by atoms with E-state index in [1.807, 2.05) is 32.0 Å². The molecule has 24 heavy (non-hydrogen) atoms. The maximum atomic E-state index is 11.9. The van der Waals surface area contributed by atoms with Gasteiger partial charge in [-0.05, 0) is 25.3 Å². The van der Waals surface area contributed by atoms with Gasteiger partial charge in [-0.1, -0.05) is 50.3 Å². The monoisotopic (exact) mass is 364 g/mol. The van der Waals surface area contributed by atoms with Gasteiger partial charge in [-0.15, -0.1) is 11.8 Å². The number of ether oxygens (including phenoxy) is 1. The maximum absolute atomic E-state index is 11.9. The molecule has 0 aliphatic heterocycles. The molecule has 1 aromatic heterocycles. The zero-order valence-corrected chi connectivity index (χ0v) is 16.0. The van der Waals surface area contributed by atoms with E-state index in [1.54, 1.807) is 17.8 Å². The minimum absolute atomic E-state index is 0.0752. The molecule has 0 amide bonds. The topological polar surface area (TPSA) is 43.4 Å². The van der Waals surface area contributed by atoms with Crippen molar-refractivity contribution in [2.45, 2.75) is 50.2 Å². The van der Waals surface area contributed by atoms with Crippen LogP contribution in [-0.2, 0) is 9.53 Å². The summed E-state index contributed by atoms with van der Waals surface area (Å²) in [6.45, 7) is 6.31. The Balaban J connectivity index is 1.98. The summed E-state index contributed by atoms with van der Waals surface area (Å²) in [6.07, 6.45) is 2.83. The Morgan fingerprint density at radius 2 is 2.04 bits per heavy atom. The molecule has 1 heterocycles. The van der Waals surface area contributed by atoms with Gasteiger partial charge in [0.15, 0.2) is 0 Å². The molecule has 0 saturated heterocycles. The van der Waals surface area contributed by atoms with Crippen LogP contribution in [0.3, 0.4) is 0 Å². The predicted octanol–water partition coefficient (Wildman–Crippen LogP) is 5.11. The van der Waals surface area contributed by atoms with Crippen LogP contribution in [0.15, 0.2) is 40.0 Å². The average Bonchev–Trinajstić information content (AvgIpc) is 2.56. The molecule has 2 rings (SSSR count). The van der Waals surface area contributed by atoms with Crippen LogP contribution < -0.4 is 4.74 Å². The van der Waals surface area contributed by atoms with Gasteiger partial charge in [0.1, 0.15) is 0 Å². The number of carbonyl (C=O) groups is 1. The van der Waals surface area contributed by atoms with Gasteiger partial charge in [-0.25, -0.2) is 0 Å². The molecule has 0 bridgehead atoms. The molecule has 0 saturated carbocycles. The Kier molecular flexibility index (Phi) is 7.31. The first-order chi connectivity index (χ1) is 11.5. The number of hydrogen-bond donors (Lipinski definition) is 0. The van der Waals surface area contributed by atoms with Crippen molar-refractivity contribution in [2.75, 3.05) is 6.61 Å². The molecule has 1 atom stereocenters. The first-order valence-electron chi connectivity index (χ1n) is 8.37. The largest absolute Gasteiger partial charge is 0.465 e. The summed E-state index contributed by atoms with van der Waals surface area (Å²) in [5.74, 6) is -0.212. The SMILES string of the molecule is CCC(CCCOC(=O)C(C)C)Sc1cc(=O)sc2ccccc12. The number of rotatable bonds is 8. The zero-order valence-electron chi connectivity index (χ0n) is 14.4. The lowest BCUT2D eigenvalue weighted by atomic mass is 10.2. The summed E-state index contributed by atoms with van der Waals surface area (Å²) < 4.78 is 6.37. The number of hydrogen-bond acceptors (Lipinski definition) is 5. The standard InChI is InChI=1S/C19H24O3S2/c1-4-14(8-7-11-22-19(21)13(2)3)23-17-12-18(20)24-16-10-6-5-9-15(16)17/h5-6,9-10,12-14H,4,7-8,11H2,1-3H3. The van der Waals surface area contributed by atoms with Crippen LogP contribution in [0.4, 0.5) is 0 Å². The molecule has 1 unspecified atom stereocenters. The first-order valence-corrected chi connectivity index (χ1v) is 10.1. The van der Waals surface area contributed by atoms with Crippen LogP contribution in [0.5, 0.6) is 0 Å². The van der Waals surface area contributed by atoms with E-state index in [2.05, 4.69) is 13.0 Å². The lowest BCUT2D eigenvalue weighted by Crippen LogP contribution is -2.13. The second-order valence-electron chi connectivity index (χ2n) is 6.04. The molecule has 0 aliphatic rings. The number of benzene rings is 1. The van der Waals surface area contributed by atoms with Crippen molar-refractivity contribution in [2.24, 2.45) is 5.92 Å². The highest BCUT2D eigenvalue weighted by molar-refractivity contribution is 8.00. The summed E-state index contributed by atoms with van der Waals surface area (Å²) >= 11 is 3.06. The minimum atomic E-state index is -0.137. The van der Waals surface area contributed by atoms with Gasteiger partial charge in [0.2, 0.25) is 4.74 Å². The van der Waals surface area contributed by atoms with Gasteiger partial charge in [0.25, 0.3) is 0 Å². The number of fused-ring (bicyclic) bond motifs is 1. The van der Waals surface area contributed by atoms with Crippen LogP contribution in [-0.4, -0.2) is 17.8 Å². The van der Waals surface area contributed by atoms with Gasteiger partial charge in [0, 0.05) is 26.3 Å². The van der Waals surface area contributed by atoms with Crippen LogP contribution in [0, 0.1) is 5.92 Å². The van der Waals surface area contributed by atoms with E-state index >= 15 is 0 Å². The van der Waals surface area contributed by atoms with Crippen LogP contribution in [0.2, 0.25) is 0 Å². The molecule has 0 fully saturated rings. The molecule has 130 valence electrons. The third kappa shape index (κ3) is 5.35. The molecular weight excluding hydrogens is 340 g/mol. The van der Waals surface area contributed by atoms with Gasteiger partial charge in [0.05, 0.1) is 12.5 Å². The van der Waals surface area contributed by atoms with Crippen molar-refractivity contribution < 1.29 is 9.53 Å². The minimum Gasteiger partial charge on any atom is -0.465 e. The van der Waals surface area contributed by atoms with Crippen LogP contribution in [0.25, 0.3) is 10.1 Å². The highest BCUT2D eigenvalue weighted by atomic mass is 32.2. The Morgan fingerprint density at radius 1 is 1.29 bits per heavy atom. The lowest BCUT2D eigenvalue weighted by Gasteiger charge is -2.16. The maximum Gasteiger partial charge on any atom is 0.308 e. The highest BCUT2D eigenvalue weighted by Crippen LogP contribution is 2.33.